The van der Waals surface area contributed by atoms with Gasteiger partial charge in [0.2, 0.25) is 0 Å². The van der Waals surface area contributed by atoms with E-state index in [1.807, 2.05) is 29.2 Å². The third-order valence-electron chi connectivity index (χ3n) is 5.64. The van der Waals surface area contributed by atoms with Crippen molar-refractivity contribution in [3.8, 4) is 0 Å². The monoisotopic (exact) mass is 393 g/mol. The van der Waals surface area contributed by atoms with Gasteiger partial charge < -0.3 is 14.6 Å². The van der Waals surface area contributed by atoms with E-state index in [4.69, 9.17) is 4.42 Å². The van der Waals surface area contributed by atoms with Crippen molar-refractivity contribution in [3.05, 3.63) is 70.2 Å². The molecule has 2 heterocycles. The summed E-state index contributed by atoms with van der Waals surface area (Å²) in [6.45, 7) is 2.18. The lowest BCUT2D eigenvalue weighted by atomic mass is 9.90. The van der Waals surface area contributed by atoms with Crippen LogP contribution in [0.1, 0.15) is 42.7 Å². The first-order valence-corrected chi connectivity index (χ1v) is 10.4. The Balaban J connectivity index is 1.26. The number of benzene rings is 2. The summed E-state index contributed by atoms with van der Waals surface area (Å²) in [5.74, 6) is -0.175. The number of unbranched alkanes of at least 4 members (excludes halogenated alkanes) is 1. The fourth-order valence-corrected chi connectivity index (χ4v) is 4.06. The van der Waals surface area contributed by atoms with E-state index in [0.29, 0.717) is 24.2 Å². The highest BCUT2D eigenvalue weighted by atomic mass is 16.4. The number of aromatic amines is 1. The number of fused-ring (bicyclic) bond motifs is 1. The lowest BCUT2D eigenvalue weighted by molar-refractivity contribution is 0.179. The molecule has 4 rings (SSSR count). The van der Waals surface area contributed by atoms with Crippen LogP contribution in [0.15, 0.2) is 57.7 Å². The van der Waals surface area contributed by atoms with Crippen molar-refractivity contribution in [1.29, 1.82) is 0 Å². The minimum Gasteiger partial charge on any atom is -0.408 e. The highest BCUT2D eigenvalue weighted by molar-refractivity contribution is 5.75. The minimum atomic E-state index is -0.436. The van der Waals surface area contributed by atoms with E-state index in [-0.39, 0.29) is 11.9 Å². The van der Waals surface area contributed by atoms with Crippen LogP contribution in [-0.4, -0.2) is 35.5 Å². The molecule has 2 aromatic carbocycles. The zero-order valence-electron chi connectivity index (χ0n) is 16.5. The molecule has 1 aromatic heterocycles. The van der Waals surface area contributed by atoms with Crippen LogP contribution in [0, 0.1) is 0 Å². The van der Waals surface area contributed by atoms with Gasteiger partial charge in [-0.2, -0.15) is 0 Å². The van der Waals surface area contributed by atoms with Crippen molar-refractivity contribution in [3.63, 3.8) is 0 Å². The van der Waals surface area contributed by atoms with Gasteiger partial charge in [0.1, 0.15) is 0 Å². The standard InChI is InChI=1S/C23H27N3O3/c27-22(24-13-5-4-9-17-7-2-1-3-8-17)26-14-6-10-19(16-26)18-11-12-20-21(15-18)29-23(28)25-20/h1-3,7-8,11-12,15,19H,4-6,9-10,13-14,16H2,(H,24,27)(H,25,28). The summed E-state index contributed by atoms with van der Waals surface area (Å²) in [7, 11) is 0. The Kier molecular flexibility index (Phi) is 5.98. The predicted molar refractivity (Wildman–Crippen MR) is 113 cm³/mol. The number of likely N-dealkylation sites (tertiary alicyclic amines) is 1. The van der Waals surface area contributed by atoms with Crippen molar-refractivity contribution in [2.75, 3.05) is 19.6 Å². The molecular formula is C23H27N3O3. The first kappa shape index (κ1) is 19.3. The highest BCUT2D eigenvalue weighted by Crippen LogP contribution is 2.28. The van der Waals surface area contributed by atoms with E-state index in [0.717, 1.165) is 44.2 Å². The van der Waals surface area contributed by atoms with Gasteiger partial charge in [0, 0.05) is 25.6 Å². The zero-order valence-corrected chi connectivity index (χ0v) is 16.5. The molecule has 0 bridgehead atoms. The van der Waals surface area contributed by atoms with Gasteiger partial charge in [-0.1, -0.05) is 36.4 Å². The summed E-state index contributed by atoms with van der Waals surface area (Å²) >= 11 is 0. The topological polar surface area (TPSA) is 78.3 Å². The van der Waals surface area contributed by atoms with Gasteiger partial charge in [0.15, 0.2) is 5.58 Å². The van der Waals surface area contributed by atoms with Gasteiger partial charge in [-0.3, -0.25) is 4.98 Å². The van der Waals surface area contributed by atoms with Gasteiger partial charge in [-0.05, 0) is 55.4 Å². The molecule has 1 aliphatic rings. The maximum Gasteiger partial charge on any atom is 0.417 e. The molecule has 152 valence electrons. The first-order chi connectivity index (χ1) is 14.2. The van der Waals surface area contributed by atoms with Crippen LogP contribution in [0.25, 0.3) is 11.1 Å². The van der Waals surface area contributed by atoms with E-state index < -0.39 is 5.76 Å². The van der Waals surface area contributed by atoms with Crippen LogP contribution < -0.4 is 11.1 Å². The van der Waals surface area contributed by atoms with E-state index in [9.17, 15) is 9.59 Å². The molecule has 0 saturated carbocycles. The number of oxazole rings is 1. The number of piperidine rings is 1. The summed E-state index contributed by atoms with van der Waals surface area (Å²) in [4.78, 5) is 28.5. The van der Waals surface area contributed by atoms with E-state index in [1.54, 1.807) is 0 Å². The Bertz CT molecular complexity index is 1010. The molecule has 1 unspecified atom stereocenters. The first-order valence-electron chi connectivity index (χ1n) is 10.4. The number of hydrogen-bond acceptors (Lipinski definition) is 3. The van der Waals surface area contributed by atoms with E-state index in [2.05, 4.69) is 34.6 Å². The number of rotatable bonds is 6. The zero-order chi connectivity index (χ0) is 20.1. The van der Waals surface area contributed by atoms with Crippen LogP contribution in [0.5, 0.6) is 0 Å². The van der Waals surface area contributed by atoms with Crippen LogP contribution in [0.2, 0.25) is 0 Å². The molecule has 3 aromatic rings. The molecule has 1 aliphatic heterocycles. The number of aryl methyl sites for hydroxylation is 1. The molecule has 0 spiro atoms. The molecular weight excluding hydrogens is 366 g/mol. The Morgan fingerprint density at radius 3 is 2.90 bits per heavy atom. The van der Waals surface area contributed by atoms with Gasteiger partial charge in [0.25, 0.3) is 0 Å². The molecule has 1 fully saturated rings. The third kappa shape index (κ3) is 4.88. The molecule has 6 nitrogen and oxygen atoms in total. The molecule has 2 amide bonds. The van der Waals surface area contributed by atoms with Gasteiger partial charge >= 0.3 is 11.8 Å². The molecule has 1 saturated heterocycles. The van der Waals surface area contributed by atoms with Gasteiger partial charge in [-0.25, -0.2) is 9.59 Å². The smallest absolute Gasteiger partial charge is 0.408 e. The van der Waals surface area contributed by atoms with E-state index in [1.165, 1.54) is 5.56 Å². The number of amides is 2. The average molecular weight is 393 g/mol. The normalized spacial score (nSPS) is 16.8. The second kappa shape index (κ2) is 8.99. The average Bonchev–Trinajstić information content (AvgIpc) is 3.13. The van der Waals surface area contributed by atoms with Crippen molar-refractivity contribution in [1.82, 2.24) is 15.2 Å². The van der Waals surface area contributed by atoms with Crippen molar-refractivity contribution in [2.24, 2.45) is 0 Å². The van der Waals surface area contributed by atoms with Crippen molar-refractivity contribution in [2.45, 2.75) is 38.0 Å². The molecule has 2 N–H and O–H groups in total. The molecule has 6 heteroatoms. The second-order valence-electron chi connectivity index (χ2n) is 7.73. The summed E-state index contributed by atoms with van der Waals surface area (Å²) in [5, 5.41) is 3.07. The summed E-state index contributed by atoms with van der Waals surface area (Å²) in [5.41, 5.74) is 3.74. The Morgan fingerprint density at radius 1 is 1.17 bits per heavy atom. The third-order valence-corrected chi connectivity index (χ3v) is 5.64. The number of urea groups is 1. The van der Waals surface area contributed by atoms with Crippen LogP contribution in [-0.2, 0) is 6.42 Å². The second-order valence-corrected chi connectivity index (χ2v) is 7.73. The number of carbonyl (C=O) groups excluding carboxylic acids is 1. The lowest BCUT2D eigenvalue weighted by Gasteiger charge is -2.33. The summed E-state index contributed by atoms with van der Waals surface area (Å²) in [6, 6.07) is 16.3. The highest BCUT2D eigenvalue weighted by Gasteiger charge is 2.25. The minimum absolute atomic E-state index is 0.0173. The number of nitrogens with zero attached hydrogens (tertiary/aromatic N) is 1. The van der Waals surface area contributed by atoms with Gasteiger partial charge in [-0.15, -0.1) is 0 Å². The molecule has 1 atom stereocenters. The Hall–Kier alpha value is -3.02. The number of aromatic nitrogens is 1. The largest absolute Gasteiger partial charge is 0.417 e. The fraction of sp³-hybridized carbons (Fsp3) is 0.391. The molecule has 0 radical (unpaired) electrons. The maximum absolute atomic E-state index is 12.6. The number of H-pyrrole nitrogens is 1. The molecule has 0 aliphatic carbocycles. The summed E-state index contributed by atoms with van der Waals surface area (Å²) in [6.07, 6.45) is 5.08. The van der Waals surface area contributed by atoms with Crippen LogP contribution >= 0.6 is 0 Å². The van der Waals surface area contributed by atoms with Crippen LogP contribution in [0.3, 0.4) is 0 Å². The number of carbonyl (C=O) groups is 1. The van der Waals surface area contributed by atoms with E-state index >= 15 is 0 Å². The Morgan fingerprint density at radius 2 is 2.03 bits per heavy atom. The van der Waals surface area contributed by atoms with Crippen molar-refractivity contribution >= 4 is 17.1 Å². The van der Waals surface area contributed by atoms with Crippen LogP contribution in [0.4, 0.5) is 4.79 Å². The fourth-order valence-electron chi connectivity index (χ4n) is 4.06. The van der Waals surface area contributed by atoms with Gasteiger partial charge in [0.05, 0.1) is 5.52 Å². The number of nitrogens with one attached hydrogen (secondary N) is 2. The quantitative estimate of drug-likeness (QED) is 0.621. The maximum atomic E-state index is 12.6. The van der Waals surface area contributed by atoms with Crippen molar-refractivity contribution < 1.29 is 9.21 Å². The summed E-state index contributed by atoms with van der Waals surface area (Å²) < 4.78 is 5.18. The number of hydrogen-bond donors (Lipinski definition) is 2. The Labute approximate surface area is 169 Å². The predicted octanol–water partition coefficient (Wildman–Crippen LogP) is 4.03. The molecule has 29 heavy (non-hydrogen) atoms. The lowest BCUT2D eigenvalue weighted by Crippen LogP contribution is -2.45. The SMILES string of the molecule is O=C(NCCCCc1ccccc1)N1CCCC(c2ccc3[nH]c(=O)oc3c2)C1.